The Hall–Kier alpha value is -2.33. The van der Waals surface area contributed by atoms with Gasteiger partial charge in [-0.15, -0.1) is 0 Å². The normalized spacial score (nSPS) is 20.6. The molecule has 1 amide bonds. The number of hydrogen-bond donors (Lipinski definition) is 1. The Bertz CT molecular complexity index is 868. The van der Waals surface area contributed by atoms with Gasteiger partial charge < -0.3 is 9.84 Å². The van der Waals surface area contributed by atoms with Gasteiger partial charge in [0.25, 0.3) is 0 Å². The van der Waals surface area contributed by atoms with Crippen molar-refractivity contribution in [3.05, 3.63) is 30.4 Å². The van der Waals surface area contributed by atoms with E-state index in [0.717, 1.165) is 5.56 Å². The van der Waals surface area contributed by atoms with Crippen molar-refractivity contribution < 1.29 is 17.7 Å². The first kappa shape index (κ1) is 19.4. The number of rotatable bonds is 3. The van der Waals surface area contributed by atoms with E-state index in [4.69, 9.17) is 4.52 Å². The number of nitrogens with one attached hydrogen (secondary N) is 1. The van der Waals surface area contributed by atoms with Crippen LogP contribution < -0.4 is 5.32 Å². The van der Waals surface area contributed by atoms with Crippen molar-refractivity contribution in [2.75, 3.05) is 25.9 Å². The molecule has 2 aromatic heterocycles. The minimum absolute atomic E-state index is 0.0530. The van der Waals surface area contributed by atoms with Crippen molar-refractivity contribution in [3.8, 4) is 11.4 Å². The summed E-state index contributed by atoms with van der Waals surface area (Å²) in [5.74, 6) is 0.746. The van der Waals surface area contributed by atoms with Crippen LogP contribution in [-0.4, -0.2) is 59.6 Å². The molecule has 0 bridgehead atoms. The van der Waals surface area contributed by atoms with Crippen LogP contribution >= 0.6 is 0 Å². The highest BCUT2D eigenvalue weighted by molar-refractivity contribution is 7.88. The number of amides is 1. The third-order valence-electron chi connectivity index (χ3n) is 4.54. The lowest BCUT2D eigenvalue weighted by molar-refractivity contribution is -0.121. The molecule has 9 nitrogen and oxygen atoms in total. The topological polar surface area (TPSA) is 118 Å². The third kappa shape index (κ3) is 5.33. The van der Waals surface area contributed by atoms with E-state index >= 15 is 0 Å². The summed E-state index contributed by atoms with van der Waals surface area (Å²) in [6, 6.07) is 3.65. The Morgan fingerprint density at radius 3 is 2.89 bits per heavy atom. The smallest absolute Gasteiger partial charge is 0.230 e. The third-order valence-corrected chi connectivity index (χ3v) is 5.85. The molecule has 0 aromatic carbocycles. The molecule has 0 spiro atoms. The van der Waals surface area contributed by atoms with Crippen LogP contribution in [-0.2, 0) is 14.8 Å². The zero-order valence-electron chi connectivity index (χ0n) is 15.2. The minimum Gasteiger partial charge on any atom is -0.356 e. The lowest BCUT2D eigenvalue weighted by atomic mass is 9.99. The van der Waals surface area contributed by atoms with Crippen LogP contribution in [0, 0.1) is 0 Å². The molecule has 3 rings (SSSR count). The maximum atomic E-state index is 11.9. The zero-order chi connectivity index (χ0) is 19.3. The maximum absolute atomic E-state index is 11.9. The summed E-state index contributed by atoms with van der Waals surface area (Å²) in [5.41, 5.74) is 0.765. The standard InChI is InChI=1S/C17H23N5O4S/c1-27(24,25)22-10-3-5-13(6-9-19-15(23)7-11-22)17-20-16(21-26-17)14-4-2-8-18-12-14/h2,4,8,12-13H,3,5-7,9-11H2,1H3,(H,19,23). The van der Waals surface area contributed by atoms with E-state index in [1.165, 1.54) is 10.6 Å². The molecule has 1 unspecified atom stereocenters. The van der Waals surface area contributed by atoms with Gasteiger partial charge in [0, 0.05) is 49.9 Å². The number of sulfonamides is 1. The SMILES string of the molecule is CS(=O)(=O)N1CCCC(c2nc(-c3cccnc3)no2)CCNC(=O)CC1. The molecule has 1 atom stereocenters. The Labute approximate surface area is 158 Å². The van der Waals surface area contributed by atoms with Gasteiger partial charge in [-0.25, -0.2) is 12.7 Å². The molecule has 1 aliphatic heterocycles. The van der Waals surface area contributed by atoms with Gasteiger partial charge in [-0.1, -0.05) is 5.16 Å². The minimum atomic E-state index is -3.35. The quantitative estimate of drug-likeness (QED) is 0.831. The molecule has 1 saturated heterocycles. The highest BCUT2D eigenvalue weighted by atomic mass is 32.2. The van der Waals surface area contributed by atoms with Gasteiger partial charge >= 0.3 is 0 Å². The molecule has 1 fully saturated rings. The predicted molar refractivity (Wildman–Crippen MR) is 98.2 cm³/mol. The van der Waals surface area contributed by atoms with Crippen LogP contribution in [0.3, 0.4) is 0 Å². The van der Waals surface area contributed by atoms with E-state index < -0.39 is 10.0 Å². The summed E-state index contributed by atoms with van der Waals surface area (Å²) in [7, 11) is -3.35. The number of hydrogen-bond acceptors (Lipinski definition) is 7. The number of carbonyl (C=O) groups excluding carboxylic acids is 1. The second-order valence-electron chi connectivity index (χ2n) is 6.59. The van der Waals surface area contributed by atoms with E-state index in [0.29, 0.717) is 44.1 Å². The van der Waals surface area contributed by atoms with Crippen LogP contribution in [0.25, 0.3) is 11.4 Å². The summed E-state index contributed by atoms with van der Waals surface area (Å²) in [5, 5.41) is 6.86. The molecule has 3 heterocycles. The maximum Gasteiger partial charge on any atom is 0.230 e. The average Bonchev–Trinajstić information content (AvgIpc) is 3.11. The first-order valence-electron chi connectivity index (χ1n) is 8.89. The van der Waals surface area contributed by atoms with Crippen molar-refractivity contribution in [1.29, 1.82) is 0 Å². The largest absolute Gasteiger partial charge is 0.356 e. The summed E-state index contributed by atoms with van der Waals surface area (Å²) in [6.45, 7) is 1.04. The van der Waals surface area contributed by atoms with Gasteiger partial charge in [0.2, 0.25) is 27.6 Å². The van der Waals surface area contributed by atoms with E-state index in [-0.39, 0.29) is 24.8 Å². The molecule has 1 aliphatic rings. The second kappa shape index (κ2) is 8.57. The average molecular weight is 393 g/mol. The number of pyridine rings is 1. The van der Waals surface area contributed by atoms with Gasteiger partial charge in [-0.05, 0) is 31.4 Å². The van der Waals surface area contributed by atoms with Crippen LogP contribution in [0.1, 0.15) is 37.5 Å². The van der Waals surface area contributed by atoms with E-state index in [9.17, 15) is 13.2 Å². The van der Waals surface area contributed by atoms with E-state index in [2.05, 4.69) is 20.4 Å². The molecule has 0 aliphatic carbocycles. The number of carbonyl (C=O) groups is 1. The second-order valence-corrected chi connectivity index (χ2v) is 8.57. The van der Waals surface area contributed by atoms with Gasteiger partial charge in [0.05, 0.1) is 6.26 Å². The first-order chi connectivity index (χ1) is 12.9. The molecule has 1 N–H and O–H groups in total. The molecule has 0 radical (unpaired) electrons. The van der Waals surface area contributed by atoms with Crippen molar-refractivity contribution in [1.82, 2.24) is 24.7 Å². The van der Waals surface area contributed by atoms with E-state index in [1.807, 2.05) is 6.07 Å². The highest BCUT2D eigenvalue weighted by Gasteiger charge is 2.23. The summed E-state index contributed by atoms with van der Waals surface area (Å²) < 4.78 is 30.6. The van der Waals surface area contributed by atoms with Crippen molar-refractivity contribution in [3.63, 3.8) is 0 Å². The molecule has 27 heavy (non-hydrogen) atoms. The van der Waals surface area contributed by atoms with Gasteiger partial charge in [0.1, 0.15) is 0 Å². The van der Waals surface area contributed by atoms with Crippen LogP contribution in [0.5, 0.6) is 0 Å². The fourth-order valence-corrected chi connectivity index (χ4v) is 3.95. The predicted octanol–water partition coefficient (Wildman–Crippen LogP) is 1.17. The van der Waals surface area contributed by atoms with Gasteiger partial charge in [-0.3, -0.25) is 9.78 Å². The summed E-state index contributed by atoms with van der Waals surface area (Å²) in [4.78, 5) is 20.5. The fourth-order valence-electron chi connectivity index (χ4n) is 3.06. The highest BCUT2D eigenvalue weighted by Crippen LogP contribution is 2.26. The summed E-state index contributed by atoms with van der Waals surface area (Å²) >= 11 is 0. The molecule has 2 aromatic rings. The zero-order valence-corrected chi connectivity index (χ0v) is 16.0. The van der Waals surface area contributed by atoms with Crippen molar-refractivity contribution in [2.45, 2.75) is 31.6 Å². The monoisotopic (exact) mass is 393 g/mol. The van der Waals surface area contributed by atoms with Crippen LogP contribution in [0.15, 0.2) is 29.0 Å². The van der Waals surface area contributed by atoms with Gasteiger partial charge in [0.15, 0.2) is 0 Å². The van der Waals surface area contributed by atoms with Crippen LogP contribution in [0.2, 0.25) is 0 Å². The summed E-state index contributed by atoms with van der Waals surface area (Å²) in [6.07, 6.45) is 6.65. The Kier molecular flexibility index (Phi) is 6.17. The molecular formula is C17H23N5O4S. The molecular weight excluding hydrogens is 370 g/mol. The molecule has 10 heteroatoms. The Morgan fingerprint density at radius 1 is 1.30 bits per heavy atom. The van der Waals surface area contributed by atoms with E-state index in [1.54, 1.807) is 18.5 Å². The van der Waals surface area contributed by atoms with Crippen LogP contribution in [0.4, 0.5) is 0 Å². The molecule has 146 valence electrons. The van der Waals surface area contributed by atoms with Crippen molar-refractivity contribution in [2.24, 2.45) is 0 Å². The Morgan fingerprint density at radius 2 is 2.15 bits per heavy atom. The lowest BCUT2D eigenvalue weighted by Crippen LogP contribution is -2.35. The number of aromatic nitrogens is 3. The van der Waals surface area contributed by atoms with Crippen molar-refractivity contribution >= 4 is 15.9 Å². The van der Waals surface area contributed by atoms with Gasteiger partial charge in [-0.2, -0.15) is 4.98 Å². The number of nitrogens with zero attached hydrogens (tertiary/aromatic N) is 4. The first-order valence-corrected chi connectivity index (χ1v) is 10.7. The fraction of sp³-hybridized carbons (Fsp3) is 0.529. The molecule has 0 saturated carbocycles. The lowest BCUT2D eigenvalue weighted by Gasteiger charge is -2.19. The Balaban J connectivity index is 1.74.